The quantitative estimate of drug-likeness (QED) is 0.739. The molecule has 168 valence electrons. The first-order valence-corrected chi connectivity index (χ1v) is 12.2. The molecule has 1 aliphatic heterocycles. The number of hydrogen-bond donors (Lipinski definition) is 1. The van der Waals surface area contributed by atoms with Crippen molar-refractivity contribution in [2.75, 3.05) is 49.3 Å². The Balaban J connectivity index is 1.48. The summed E-state index contributed by atoms with van der Waals surface area (Å²) >= 11 is 0. The van der Waals surface area contributed by atoms with Crippen molar-refractivity contribution in [3.05, 3.63) is 54.1 Å². The number of anilines is 2. The van der Waals surface area contributed by atoms with E-state index in [0.717, 1.165) is 5.69 Å². The average Bonchev–Trinajstić information content (AvgIpc) is 2.72. The van der Waals surface area contributed by atoms with Crippen molar-refractivity contribution in [3.63, 3.8) is 0 Å². The molecule has 0 aliphatic carbocycles. The number of carbonyl (C=O) groups is 1. The van der Waals surface area contributed by atoms with E-state index in [2.05, 4.69) is 31.0 Å². The molecule has 0 bridgehead atoms. The van der Waals surface area contributed by atoms with Crippen LogP contribution < -0.4 is 15.0 Å². The van der Waals surface area contributed by atoms with Gasteiger partial charge in [-0.15, -0.1) is 0 Å². The van der Waals surface area contributed by atoms with Crippen LogP contribution in [0.3, 0.4) is 0 Å². The number of sulfonamides is 1. The predicted molar refractivity (Wildman–Crippen MR) is 124 cm³/mol. The van der Waals surface area contributed by atoms with Crippen molar-refractivity contribution >= 4 is 27.3 Å². The lowest BCUT2D eigenvalue weighted by Gasteiger charge is -2.34. The summed E-state index contributed by atoms with van der Waals surface area (Å²) in [4.78, 5) is 14.4. The lowest BCUT2D eigenvalue weighted by Crippen LogP contribution is -2.48. The summed E-state index contributed by atoms with van der Waals surface area (Å²) in [7, 11) is -3.14. The van der Waals surface area contributed by atoms with Gasteiger partial charge in [0, 0.05) is 37.6 Å². The number of carbonyl (C=O) groups excluding carboxylic acids is 1. The highest BCUT2D eigenvalue weighted by atomic mass is 32.2. The number of hydrogen-bond acceptors (Lipinski definition) is 5. The molecule has 3 rings (SSSR count). The molecule has 0 saturated carbocycles. The molecular weight excluding hydrogens is 414 g/mol. The Labute approximate surface area is 185 Å². The molecule has 1 saturated heterocycles. The van der Waals surface area contributed by atoms with Gasteiger partial charge in [-0.3, -0.25) is 4.79 Å². The van der Waals surface area contributed by atoms with E-state index in [1.165, 1.54) is 16.1 Å². The third-order valence-electron chi connectivity index (χ3n) is 5.31. The minimum absolute atomic E-state index is 0.0654. The summed E-state index contributed by atoms with van der Waals surface area (Å²) in [5, 5.41) is 2.83. The van der Waals surface area contributed by atoms with Crippen molar-refractivity contribution < 1.29 is 17.9 Å². The number of piperazine rings is 1. The van der Waals surface area contributed by atoms with E-state index in [-0.39, 0.29) is 17.9 Å². The van der Waals surface area contributed by atoms with Crippen LogP contribution in [0.25, 0.3) is 0 Å². The second-order valence-corrected chi connectivity index (χ2v) is 10.8. The summed E-state index contributed by atoms with van der Waals surface area (Å²) in [5.41, 5.74) is 2.97. The SMILES string of the molecule is CC(C)(C)c1ccc(OCC(=O)Nc2ccc(N3CCN(S(C)(=O)=O)CC3)cc2)cc1. The van der Waals surface area contributed by atoms with Crippen LogP contribution in [-0.4, -0.2) is 57.7 Å². The lowest BCUT2D eigenvalue weighted by atomic mass is 9.87. The van der Waals surface area contributed by atoms with Crippen molar-refractivity contribution in [1.29, 1.82) is 0 Å². The highest BCUT2D eigenvalue weighted by Crippen LogP contribution is 2.24. The van der Waals surface area contributed by atoms with E-state index in [9.17, 15) is 13.2 Å². The minimum Gasteiger partial charge on any atom is -0.484 e. The van der Waals surface area contributed by atoms with Gasteiger partial charge < -0.3 is 15.0 Å². The third-order valence-corrected chi connectivity index (χ3v) is 6.62. The molecule has 2 aromatic rings. The maximum Gasteiger partial charge on any atom is 0.262 e. The zero-order valence-electron chi connectivity index (χ0n) is 18.6. The third kappa shape index (κ3) is 6.45. The van der Waals surface area contributed by atoms with Crippen LogP contribution in [0.4, 0.5) is 11.4 Å². The largest absolute Gasteiger partial charge is 0.484 e. The zero-order valence-corrected chi connectivity index (χ0v) is 19.4. The van der Waals surface area contributed by atoms with Gasteiger partial charge in [0.2, 0.25) is 10.0 Å². The normalized spacial score (nSPS) is 15.5. The summed E-state index contributed by atoms with van der Waals surface area (Å²) < 4.78 is 30.3. The number of nitrogens with one attached hydrogen (secondary N) is 1. The lowest BCUT2D eigenvalue weighted by molar-refractivity contribution is -0.118. The summed E-state index contributed by atoms with van der Waals surface area (Å²) in [6, 6.07) is 15.3. The Bertz CT molecular complexity index is 989. The van der Waals surface area contributed by atoms with E-state index < -0.39 is 10.0 Å². The first-order chi connectivity index (χ1) is 14.5. The Kier molecular flexibility index (Phi) is 6.91. The molecule has 8 heteroatoms. The van der Waals surface area contributed by atoms with Crippen molar-refractivity contribution in [2.24, 2.45) is 0 Å². The molecule has 1 aliphatic rings. The van der Waals surface area contributed by atoms with Gasteiger partial charge in [0.15, 0.2) is 6.61 Å². The van der Waals surface area contributed by atoms with Crippen LogP contribution in [0, 0.1) is 0 Å². The molecule has 1 fully saturated rings. The fourth-order valence-corrected chi connectivity index (χ4v) is 4.26. The van der Waals surface area contributed by atoms with Gasteiger partial charge in [0.1, 0.15) is 5.75 Å². The van der Waals surface area contributed by atoms with E-state index in [4.69, 9.17) is 4.74 Å². The van der Waals surface area contributed by atoms with Gasteiger partial charge >= 0.3 is 0 Å². The average molecular weight is 446 g/mol. The van der Waals surface area contributed by atoms with Crippen LogP contribution in [0.15, 0.2) is 48.5 Å². The first kappa shape index (κ1) is 23.1. The molecular formula is C23H31N3O4S. The maximum absolute atomic E-state index is 12.2. The monoisotopic (exact) mass is 445 g/mol. The number of ether oxygens (including phenoxy) is 1. The van der Waals surface area contributed by atoms with Crippen molar-refractivity contribution in [3.8, 4) is 5.75 Å². The second kappa shape index (κ2) is 9.28. The highest BCUT2D eigenvalue weighted by Gasteiger charge is 2.23. The Morgan fingerprint density at radius 3 is 2.06 bits per heavy atom. The van der Waals surface area contributed by atoms with E-state index in [1.807, 2.05) is 48.5 Å². The maximum atomic E-state index is 12.2. The standard InChI is InChI=1S/C23H31N3O4S/c1-23(2,3)18-5-11-21(12-6-18)30-17-22(27)24-19-7-9-20(10-8-19)25-13-15-26(16-14-25)31(4,28)29/h5-12H,13-17H2,1-4H3,(H,24,27). The molecule has 0 spiro atoms. The Morgan fingerprint density at radius 1 is 0.968 bits per heavy atom. The van der Waals surface area contributed by atoms with Gasteiger partial charge in [0.25, 0.3) is 5.91 Å². The van der Waals surface area contributed by atoms with E-state index >= 15 is 0 Å². The molecule has 1 amide bonds. The van der Waals surface area contributed by atoms with Crippen LogP contribution >= 0.6 is 0 Å². The summed E-state index contributed by atoms with van der Waals surface area (Å²) in [5.74, 6) is 0.432. The highest BCUT2D eigenvalue weighted by molar-refractivity contribution is 7.88. The van der Waals surface area contributed by atoms with Gasteiger partial charge in [0.05, 0.1) is 6.26 Å². The van der Waals surface area contributed by atoms with Gasteiger partial charge in [-0.05, 0) is 47.4 Å². The molecule has 1 heterocycles. The fraction of sp³-hybridized carbons (Fsp3) is 0.435. The molecule has 31 heavy (non-hydrogen) atoms. The minimum atomic E-state index is -3.14. The second-order valence-electron chi connectivity index (χ2n) is 8.81. The predicted octanol–water partition coefficient (Wildman–Crippen LogP) is 3.08. The van der Waals surface area contributed by atoms with E-state index in [0.29, 0.717) is 37.6 Å². The van der Waals surface area contributed by atoms with Crippen LogP contribution in [0.2, 0.25) is 0 Å². The van der Waals surface area contributed by atoms with Crippen LogP contribution in [0.5, 0.6) is 5.75 Å². The number of nitrogens with zero attached hydrogens (tertiary/aromatic N) is 2. The van der Waals surface area contributed by atoms with Crippen molar-refractivity contribution in [1.82, 2.24) is 4.31 Å². The smallest absolute Gasteiger partial charge is 0.262 e. The molecule has 0 radical (unpaired) electrons. The molecule has 0 aromatic heterocycles. The number of benzene rings is 2. The molecule has 0 atom stereocenters. The van der Waals surface area contributed by atoms with Crippen LogP contribution in [-0.2, 0) is 20.2 Å². The van der Waals surface area contributed by atoms with Gasteiger partial charge in [-0.25, -0.2) is 8.42 Å². The summed E-state index contributed by atoms with van der Waals surface area (Å²) in [6.45, 7) is 8.62. The number of rotatable bonds is 6. The summed E-state index contributed by atoms with van der Waals surface area (Å²) in [6.07, 6.45) is 1.24. The number of amides is 1. The topological polar surface area (TPSA) is 79.0 Å². The first-order valence-electron chi connectivity index (χ1n) is 10.4. The van der Waals surface area contributed by atoms with Crippen molar-refractivity contribution in [2.45, 2.75) is 26.2 Å². The van der Waals surface area contributed by atoms with Gasteiger partial charge in [-0.2, -0.15) is 4.31 Å². The molecule has 0 unspecified atom stereocenters. The Morgan fingerprint density at radius 2 is 1.55 bits per heavy atom. The Hall–Kier alpha value is -2.58. The molecule has 2 aromatic carbocycles. The van der Waals surface area contributed by atoms with Crippen LogP contribution in [0.1, 0.15) is 26.3 Å². The van der Waals surface area contributed by atoms with E-state index in [1.54, 1.807) is 0 Å². The molecule has 7 nitrogen and oxygen atoms in total. The fourth-order valence-electron chi connectivity index (χ4n) is 3.43. The molecule has 1 N–H and O–H groups in total. The van der Waals surface area contributed by atoms with Gasteiger partial charge in [-0.1, -0.05) is 32.9 Å². The zero-order chi connectivity index (χ0) is 22.6.